The van der Waals surface area contributed by atoms with Gasteiger partial charge < -0.3 is 5.11 Å². The minimum atomic E-state index is -3.08. The summed E-state index contributed by atoms with van der Waals surface area (Å²) < 4.78 is 0. The van der Waals surface area contributed by atoms with Gasteiger partial charge in [0.2, 0.25) is 0 Å². The fraction of sp³-hybridized carbons (Fsp3) is 0.290. The van der Waals surface area contributed by atoms with Gasteiger partial charge in [-0.05, 0) is 0 Å². The predicted molar refractivity (Wildman–Crippen MR) is 174 cm³/mol. The zero-order chi connectivity index (χ0) is 30.2. The number of nitrogens with one attached hydrogen (secondary N) is 1. The van der Waals surface area contributed by atoms with Crippen LogP contribution >= 0.6 is 32.6 Å². The van der Waals surface area contributed by atoms with Crippen LogP contribution in [0.1, 0.15) is 19.3 Å². The summed E-state index contributed by atoms with van der Waals surface area (Å²) >= 11 is 5.59. The number of halogens is 1. The summed E-state index contributed by atoms with van der Waals surface area (Å²) in [6.07, 6.45) is 2.27. The summed E-state index contributed by atoms with van der Waals surface area (Å²) in [5, 5.41) is 10.9. The van der Waals surface area contributed by atoms with Gasteiger partial charge in [0, 0.05) is 0 Å². The van der Waals surface area contributed by atoms with E-state index in [1.807, 2.05) is 18.2 Å². The van der Waals surface area contributed by atoms with Gasteiger partial charge in [0.1, 0.15) is 6.54 Å². The molecule has 1 aliphatic rings. The topological polar surface area (TPSA) is 130 Å². The van der Waals surface area contributed by atoms with Crippen LogP contribution in [-0.4, -0.2) is 70.0 Å². The van der Waals surface area contributed by atoms with Crippen molar-refractivity contribution in [3.05, 3.63) is 91.0 Å². The summed E-state index contributed by atoms with van der Waals surface area (Å²) in [6, 6.07) is 30.5. The van der Waals surface area contributed by atoms with Gasteiger partial charge >= 0.3 is 243 Å². The number of nitrogens with two attached hydrogens (primary N) is 1. The second-order valence-electron chi connectivity index (χ2n) is 10.2. The van der Waals surface area contributed by atoms with Crippen LogP contribution in [0.4, 0.5) is 0 Å². The molecule has 3 amide bonds. The Bertz CT molecular complexity index is 1310. The number of likely N-dealkylation sites (tertiary alicyclic amines) is 1. The monoisotopic (exact) mass is 671 g/mol. The molecular formula is C31H35BrN3O5PS. The van der Waals surface area contributed by atoms with Crippen molar-refractivity contribution in [2.75, 3.05) is 25.0 Å². The summed E-state index contributed by atoms with van der Waals surface area (Å²) in [4.78, 5) is 49.8. The Morgan fingerprint density at radius 3 is 1.90 bits per heavy atom. The number of carboxylic acid groups (broad SMARTS) is 1. The number of unbranched alkanes of at least 4 members (excludes halogenated alkanes) is 1. The molecule has 42 heavy (non-hydrogen) atoms. The molecule has 0 spiro atoms. The molecule has 3 aromatic carbocycles. The molecule has 11 heteroatoms. The molecule has 4 rings (SSSR count). The molecule has 1 saturated heterocycles. The van der Waals surface area contributed by atoms with Crippen LogP contribution in [0.3, 0.4) is 0 Å². The number of rotatable bonds is 14. The Morgan fingerprint density at radius 1 is 0.929 bits per heavy atom. The average molecular weight is 673 g/mol. The molecule has 0 radical (unpaired) electrons. The van der Waals surface area contributed by atoms with Crippen molar-refractivity contribution < 1.29 is 24.3 Å². The molecule has 1 unspecified atom stereocenters. The van der Waals surface area contributed by atoms with Crippen LogP contribution in [0.5, 0.6) is 0 Å². The summed E-state index contributed by atoms with van der Waals surface area (Å²) in [7, 11) is 0. The standard InChI is InChI=1S/C31H35BrN3O5PS/c32-41(23-12-4-1-5-13-23,24-14-6-2-7-15-24,25-16-8-3-9-17-25)19-11-10-18-35-28(36)20-27(31(35)40)42-22-26(33)30(39)34-21-29(37)38/h1-9,12-17,26-27H,10-11,18-22,33H2,(H,34,39)(H,37,38)/t26-,27?/m0/s1. The van der Waals surface area contributed by atoms with Crippen LogP contribution in [0.15, 0.2) is 91.0 Å². The van der Waals surface area contributed by atoms with E-state index in [0.717, 1.165) is 24.3 Å². The van der Waals surface area contributed by atoms with Gasteiger partial charge in [-0.3, -0.25) is 4.79 Å². The first-order valence-corrected chi connectivity index (χ1v) is 19.2. The Balaban J connectivity index is 1.45. The molecule has 1 heterocycles. The first-order chi connectivity index (χ1) is 20.1. The zero-order valence-electron chi connectivity index (χ0n) is 23.1. The molecule has 0 bridgehead atoms. The molecule has 0 aliphatic carbocycles. The number of imide groups is 1. The minimum absolute atomic E-state index is 0.0585. The van der Waals surface area contributed by atoms with Crippen molar-refractivity contribution in [1.29, 1.82) is 0 Å². The second-order valence-corrected chi connectivity index (χ2v) is 20.5. The van der Waals surface area contributed by atoms with Gasteiger partial charge in [-0.2, -0.15) is 0 Å². The van der Waals surface area contributed by atoms with Gasteiger partial charge in [0.15, 0.2) is 0 Å². The molecule has 3 aromatic rings. The van der Waals surface area contributed by atoms with Crippen LogP contribution in [-0.2, 0) is 19.2 Å². The van der Waals surface area contributed by atoms with Crippen LogP contribution in [0.2, 0.25) is 0 Å². The number of benzene rings is 3. The van der Waals surface area contributed by atoms with E-state index in [1.165, 1.54) is 20.8 Å². The first kappa shape index (κ1) is 31.9. The summed E-state index contributed by atoms with van der Waals surface area (Å²) in [6.45, 7) is -0.207. The number of carboxylic acids is 1. The summed E-state index contributed by atoms with van der Waals surface area (Å²) in [5.41, 5.74) is 5.86. The van der Waals surface area contributed by atoms with E-state index in [-0.39, 0.29) is 24.0 Å². The number of amides is 3. The number of hydrogen-bond acceptors (Lipinski definition) is 6. The molecule has 222 valence electrons. The SMILES string of the molecule is N[C@@H](CSC1CC(=O)N(CCCCP(Br)(c2ccccc2)(c2ccccc2)c2ccccc2)C1=O)C(=O)NCC(=O)O. The Morgan fingerprint density at radius 2 is 1.43 bits per heavy atom. The molecule has 8 nitrogen and oxygen atoms in total. The van der Waals surface area contributed by atoms with Gasteiger partial charge in [-0.1, -0.05) is 0 Å². The van der Waals surface area contributed by atoms with E-state index in [0.29, 0.717) is 13.0 Å². The zero-order valence-corrected chi connectivity index (χ0v) is 26.4. The third-order valence-electron chi connectivity index (χ3n) is 7.52. The fourth-order valence-electron chi connectivity index (χ4n) is 5.34. The number of carbonyl (C=O) groups is 4. The van der Waals surface area contributed by atoms with E-state index in [1.54, 1.807) is 0 Å². The van der Waals surface area contributed by atoms with Crippen LogP contribution in [0, 0.1) is 0 Å². The average Bonchev–Trinajstić information content (AvgIpc) is 3.29. The number of thioether (sulfide) groups is 1. The number of aliphatic carboxylic acids is 1. The third-order valence-corrected chi connectivity index (χ3v) is 18.9. The Hall–Kier alpha value is -3.04. The van der Waals surface area contributed by atoms with Gasteiger partial charge in [-0.25, -0.2) is 0 Å². The second kappa shape index (κ2) is 14.0. The van der Waals surface area contributed by atoms with Crippen molar-refractivity contribution in [3.8, 4) is 0 Å². The molecule has 4 N–H and O–H groups in total. The van der Waals surface area contributed by atoms with Gasteiger partial charge in [0.25, 0.3) is 0 Å². The van der Waals surface area contributed by atoms with Crippen molar-refractivity contribution in [1.82, 2.24) is 10.2 Å². The van der Waals surface area contributed by atoms with Crippen molar-refractivity contribution in [2.45, 2.75) is 30.6 Å². The predicted octanol–water partition coefficient (Wildman–Crippen LogP) is 3.00. The van der Waals surface area contributed by atoms with E-state index < -0.39 is 35.0 Å². The molecule has 0 saturated carbocycles. The van der Waals surface area contributed by atoms with E-state index in [9.17, 15) is 19.2 Å². The maximum absolute atomic E-state index is 13.1. The molecular weight excluding hydrogens is 637 g/mol. The van der Waals surface area contributed by atoms with Crippen molar-refractivity contribution in [3.63, 3.8) is 0 Å². The maximum atomic E-state index is 13.1. The molecule has 1 aliphatic heterocycles. The van der Waals surface area contributed by atoms with Gasteiger partial charge in [-0.15, -0.1) is 0 Å². The van der Waals surface area contributed by atoms with E-state index in [4.69, 9.17) is 10.8 Å². The Kier molecular flexibility index (Phi) is 10.6. The molecule has 1 fully saturated rings. The van der Waals surface area contributed by atoms with E-state index in [2.05, 4.69) is 93.6 Å². The molecule has 2 atom stereocenters. The van der Waals surface area contributed by atoms with Crippen LogP contribution in [0.25, 0.3) is 0 Å². The van der Waals surface area contributed by atoms with Crippen molar-refractivity contribution >= 4 is 72.2 Å². The number of carbonyl (C=O) groups excluding carboxylic acids is 3. The van der Waals surface area contributed by atoms with Gasteiger partial charge in [0.05, 0.1) is 0 Å². The minimum Gasteiger partial charge on any atom is -0.480 e. The summed E-state index contributed by atoms with van der Waals surface area (Å²) in [5.74, 6) is -2.17. The Labute approximate surface area is 258 Å². The van der Waals surface area contributed by atoms with Crippen LogP contribution < -0.4 is 27.0 Å². The quantitative estimate of drug-likeness (QED) is 0.137. The number of nitrogens with zero attached hydrogens (tertiary/aromatic N) is 1. The third kappa shape index (κ3) is 6.78. The number of hydrogen-bond donors (Lipinski definition) is 3. The molecule has 0 aromatic heterocycles. The smallest absolute Gasteiger partial charge is 0.480 e. The van der Waals surface area contributed by atoms with E-state index >= 15 is 0 Å². The fourth-order valence-corrected chi connectivity index (χ4v) is 14.2. The normalized spacial score (nSPS) is 17.0. The first-order valence-electron chi connectivity index (χ1n) is 13.8. The van der Waals surface area contributed by atoms with Crippen molar-refractivity contribution in [2.24, 2.45) is 5.73 Å².